The first-order chi connectivity index (χ1) is 6.90. The lowest BCUT2D eigenvalue weighted by Gasteiger charge is -2.11. The van der Waals surface area contributed by atoms with Gasteiger partial charge in [-0.15, -0.1) is 0 Å². The van der Waals surface area contributed by atoms with Crippen LogP contribution in [0.1, 0.15) is 38.2 Å². The van der Waals surface area contributed by atoms with Crippen LogP contribution in [0.15, 0.2) is 12.3 Å². The SMILES string of the molecule is CCC1=c2nccc3c2=C(CC1)CC3. The fourth-order valence-electron chi connectivity index (χ4n) is 2.80. The highest BCUT2D eigenvalue weighted by Crippen LogP contribution is 2.24. The summed E-state index contributed by atoms with van der Waals surface area (Å²) in [5.74, 6) is 0. The Hall–Kier alpha value is -1.11. The lowest BCUT2D eigenvalue weighted by molar-refractivity contribution is 0.938. The number of aryl methyl sites for hydroxylation is 1. The molecule has 2 aliphatic rings. The first-order valence-corrected chi connectivity index (χ1v) is 5.58. The second kappa shape index (κ2) is 2.94. The summed E-state index contributed by atoms with van der Waals surface area (Å²) in [7, 11) is 0. The van der Waals surface area contributed by atoms with Crippen molar-refractivity contribution in [3.8, 4) is 0 Å². The lowest BCUT2D eigenvalue weighted by atomic mass is 9.96. The summed E-state index contributed by atoms with van der Waals surface area (Å²) in [6, 6.07) is 2.20. The molecule has 1 nitrogen and oxygen atoms in total. The van der Waals surface area contributed by atoms with E-state index in [4.69, 9.17) is 0 Å². The minimum absolute atomic E-state index is 1.16. The lowest BCUT2D eigenvalue weighted by Crippen LogP contribution is -2.35. The molecule has 1 heteroatoms. The van der Waals surface area contributed by atoms with Crippen LogP contribution in [0.25, 0.3) is 11.1 Å². The van der Waals surface area contributed by atoms with Gasteiger partial charge in [-0.2, -0.15) is 0 Å². The van der Waals surface area contributed by atoms with Gasteiger partial charge < -0.3 is 0 Å². The monoisotopic (exact) mass is 185 g/mol. The summed E-state index contributed by atoms with van der Waals surface area (Å²) in [5, 5.41) is 2.85. The maximum Gasteiger partial charge on any atom is 0.0696 e. The largest absolute Gasteiger partial charge is 0.256 e. The van der Waals surface area contributed by atoms with E-state index in [1.165, 1.54) is 41.8 Å². The number of hydrogen-bond donors (Lipinski definition) is 0. The van der Waals surface area contributed by atoms with Crippen LogP contribution < -0.4 is 10.6 Å². The van der Waals surface area contributed by atoms with Crippen LogP contribution in [-0.2, 0) is 6.42 Å². The molecule has 0 fully saturated rings. The highest BCUT2D eigenvalue weighted by atomic mass is 14.6. The number of pyridine rings is 1. The molecule has 0 atom stereocenters. The number of rotatable bonds is 1. The topological polar surface area (TPSA) is 12.9 Å². The summed E-state index contributed by atoms with van der Waals surface area (Å²) in [4.78, 5) is 4.56. The maximum absolute atomic E-state index is 4.56. The van der Waals surface area contributed by atoms with Gasteiger partial charge >= 0.3 is 0 Å². The van der Waals surface area contributed by atoms with Crippen LogP contribution in [-0.4, -0.2) is 4.98 Å². The molecular weight excluding hydrogens is 170 g/mol. The third kappa shape index (κ3) is 0.985. The van der Waals surface area contributed by atoms with Gasteiger partial charge in [-0.25, -0.2) is 0 Å². The molecule has 0 bridgehead atoms. The Balaban J connectivity index is 2.48. The second-order valence-corrected chi connectivity index (χ2v) is 4.25. The van der Waals surface area contributed by atoms with Crippen LogP contribution in [0.5, 0.6) is 0 Å². The Labute approximate surface area is 84.2 Å². The molecule has 72 valence electrons. The zero-order valence-corrected chi connectivity index (χ0v) is 8.64. The van der Waals surface area contributed by atoms with Crippen LogP contribution in [0, 0.1) is 0 Å². The van der Waals surface area contributed by atoms with E-state index in [1.54, 1.807) is 11.1 Å². The number of aromatic nitrogens is 1. The molecule has 3 rings (SSSR count). The van der Waals surface area contributed by atoms with Gasteiger partial charge in [-0.1, -0.05) is 12.5 Å². The van der Waals surface area contributed by atoms with Crippen LogP contribution >= 0.6 is 0 Å². The summed E-state index contributed by atoms with van der Waals surface area (Å²) in [6.07, 6.45) is 8.21. The molecule has 14 heavy (non-hydrogen) atoms. The summed E-state index contributed by atoms with van der Waals surface area (Å²) in [5.41, 5.74) is 4.77. The molecule has 0 saturated heterocycles. The quantitative estimate of drug-likeness (QED) is 0.646. The first kappa shape index (κ1) is 8.22. The summed E-state index contributed by atoms with van der Waals surface area (Å²) < 4.78 is 0. The van der Waals surface area contributed by atoms with Gasteiger partial charge in [0.2, 0.25) is 0 Å². The Morgan fingerprint density at radius 1 is 1.21 bits per heavy atom. The molecule has 1 heterocycles. The third-order valence-corrected chi connectivity index (χ3v) is 3.58. The predicted molar refractivity (Wildman–Crippen MR) is 58.1 cm³/mol. The van der Waals surface area contributed by atoms with E-state index >= 15 is 0 Å². The zero-order valence-electron chi connectivity index (χ0n) is 8.64. The van der Waals surface area contributed by atoms with Gasteiger partial charge in [0, 0.05) is 11.4 Å². The Morgan fingerprint density at radius 3 is 2.93 bits per heavy atom. The molecule has 1 aromatic heterocycles. The molecular formula is C13H15N. The minimum Gasteiger partial charge on any atom is -0.256 e. The van der Waals surface area contributed by atoms with Gasteiger partial charge in [-0.05, 0) is 49.3 Å². The normalized spacial score (nSPS) is 18.6. The Kier molecular flexibility index (Phi) is 1.73. The molecule has 0 amide bonds. The molecule has 1 aromatic rings. The smallest absolute Gasteiger partial charge is 0.0696 e. The van der Waals surface area contributed by atoms with E-state index in [2.05, 4.69) is 18.0 Å². The van der Waals surface area contributed by atoms with Crippen LogP contribution in [0.3, 0.4) is 0 Å². The Bertz CT molecular complexity index is 496. The van der Waals surface area contributed by atoms with E-state index in [-0.39, 0.29) is 0 Å². The predicted octanol–water partition coefficient (Wildman–Crippen LogP) is 1.53. The van der Waals surface area contributed by atoms with Crippen molar-refractivity contribution >= 4 is 11.1 Å². The van der Waals surface area contributed by atoms with Crippen molar-refractivity contribution in [2.24, 2.45) is 0 Å². The van der Waals surface area contributed by atoms with Crippen LogP contribution in [0.2, 0.25) is 0 Å². The highest BCUT2D eigenvalue weighted by Gasteiger charge is 2.17. The van der Waals surface area contributed by atoms with Crippen molar-refractivity contribution in [3.63, 3.8) is 0 Å². The number of hydrogen-bond acceptors (Lipinski definition) is 1. The van der Waals surface area contributed by atoms with E-state index < -0.39 is 0 Å². The average molecular weight is 185 g/mol. The van der Waals surface area contributed by atoms with Crippen molar-refractivity contribution in [1.82, 2.24) is 4.98 Å². The van der Waals surface area contributed by atoms with Gasteiger partial charge in [0.15, 0.2) is 0 Å². The van der Waals surface area contributed by atoms with E-state index in [0.717, 1.165) is 6.42 Å². The summed E-state index contributed by atoms with van der Waals surface area (Å²) >= 11 is 0. The molecule has 0 N–H and O–H groups in total. The number of nitrogens with zero attached hydrogens (tertiary/aromatic N) is 1. The average Bonchev–Trinajstić information content (AvgIpc) is 2.65. The third-order valence-electron chi connectivity index (χ3n) is 3.58. The minimum atomic E-state index is 1.16. The molecule has 0 spiro atoms. The Morgan fingerprint density at radius 2 is 2.07 bits per heavy atom. The second-order valence-electron chi connectivity index (χ2n) is 4.25. The van der Waals surface area contributed by atoms with Crippen molar-refractivity contribution < 1.29 is 0 Å². The van der Waals surface area contributed by atoms with Gasteiger partial charge in [0.05, 0.1) is 5.35 Å². The first-order valence-electron chi connectivity index (χ1n) is 5.58. The van der Waals surface area contributed by atoms with Crippen LogP contribution in [0.4, 0.5) is 0 Å². The maximum atomic E-state index is 4.56. The van der Waals surface area contributed by atoms with E-state index in [1.807, 2.05) is 6.20 Å². The van der Waals surface area contributed by atoms with Crippen molar-refractivity contribution in [2.75, 3.05) is 0 Å². The molecule has 0 unspecified atom stereocenters. The van der Waals surface area contributed by atoms with Crippen molar-refractivity contribution in [1.29, 1.82) is 0 Å². The summed E-state index contributed by atoms with van der Waals surface area (Å²) in [6.45, 7) is 2.25. The highest BCUT2D eigenvalue weighted by molar-refractivity contribution is 5.60. The molecule has 0 radical (unpaired) electrons. The zero-order chi connectivity index (χ0) is 9.54. The van der Waals surface area contributed by atoms with E-state index in [9.17, 15) is 0 Å². The van der Waals surface area contributed by atoms with Gasteiger partial charge in [0.25, 0.3) is 0 Å². The molecule has 0 saturated carbocycles. The fraction of sp³-hybridized carbons (Fsp3) is 0.462. The molecule has 2 aliphatic carbocycles. The van der Waals surface area contributed by atoms with Gasteiger partial charge in [-0.3, -0.25) is 4.98 Å². The standard InChI is InChI=1S/C13H15N/c1-2-9-3-4-10-5-6-11-7-8-14-13(9)12(10)11/h7-8H,2-6H2,1H3. The fourth-order valence-corrected chi connectivity index (χ4v) is 2.80. The molecule has 0 aliphatic heterocycles. The van der Waals surface area contributed by atoms with E-state index in [0.29, 0.717) is 0 Å². The molecule has 0 aromatic carbocycles. The van der Waals surface area contributed by atoms with Crippen molar-refractivity contribution in [2.45, 2.75) is 39.0 Å². The van der Waals surface area contributed by atoms with Crippen molar-refractivity contribution in [3.05, 3.63) is 28.4 Å². The van der Waals surface area contributed by atoms with Gasteiger partial charge in [0.1, 0.15) is 0 Å².